The third kappa shape index (κ3) is 6.64. The number of nitrogens with one attached hydrogen (secondary N) is 1. The lowest BCUT2D eigenvalue weighted by atomic mass is 10.0. The minimum absolute atomic E-state index is 0.178. The molecule has 196 valence electrons. The Hall–Kier alpha value is -4.02. The van der Waals surface area contributed by atoms with Gasteiger partial charge in [0.15, 0.2) is 5.78 Å². The summed E-state index contributed by atoms with van der Waals surface area (Å²) in [5, 5.41) is 0.635. The molecule has 4 aromatic rings. The topological polar surface area (TPSA) is 75.7 Å². The average Bonchev–Trinajstić information content (AvgIpc) is 2.88. The zero-order valence-corrected chi connectivity index (χ0v) is 21.3. The maximum Gasteiger partial charge on any atom is 0.573 e. The summed E-state index contributed by atoms with van der Waals surface area (Å²) in [7, 11) is -2.19. The van der Waals surface area contributed by atoms with E-state index in [1.165, 1.54) is 24.3 Å². The van der Waals surface area contributed by atoms with Crippen LogP contribution in [-0.4, -0.2) is 27.6 Å². The highest BCUT2D eigenvalue weighted by atomic mass is 35.5. The number of halogens is 4. The number of anilines is 3. The van der Waals surface area contributed by atoms with E-state index in [4.69, 9.17) is 11.6 Å². The lowest BCUT2D eigenvalue weighted by Crippen LogP contribution is -2.17. The molecule has 0 saturated carbocycles. The van der Waals surface area contributed by atoms with E-state index < -0.39 is 22.1 Å². The highest BCUT2D eigenvalue weighted by Crippen LogP contribution is 2.27. The van der Waals surface area contributed by atoms with Gasteiger partial charge in [0.05, 0.1) is 4.90 Å². The van der Waals surface area contributed by atoms with Crippen molar-refractivity contribution in [3.63, 3.8) is 0 Å². The van der Waals surface area contributed by atoms with Crippen LogP contribution in [0.5, 0.6) is 5.75 Å². The molecule has 11 heteroatoms. The Morgan fingerprint density at radius 1 is 0.789 bits per heavy atom. The molecule has 0 bridgehead atoms. The molecule has 0 unspecified atom stereocenters. The summed E-state index contributed by atoms with van der Waals surface area (Å²) in [5.41, 5.74) is 2.77. The molecule has 0 atom stereocenters. The third-order valence-electron chi connectivity index (χ3n) is 5.50. The van der Waals surface area contributed by atoms with Gasteiger partial charge < -0.3 is 9.64 Å². The summed E-state index contributed by atoms with van der Waals surface area (Å²) >= 11 is 5.94. The van der Waals surface area contributed by atoms with Crippen LogP contribution < -0.4 is 14.4 Å². The Morgan fingerprint density at radius 3 is 1.76 bits per heavy atom. The fourth-order valence-electron chi connectivity index (χ4n) is 3.54. The molecular formula is C27H20ClF3N2O4S. The maximum absolute atomic E-state index is 12.9. The summed E-state index contributed by atoms with van der Waals surface area (Å²) in [5.74, 6) is -0.788. The zero-order chi connectivity index (χ0) is 27.5. The fraction of sp³-hybridized carbons (Fsp3) is 0.0741. The van der Waals surface area contributed by atoms with Crippen LogP contribution in [0.3, 0.4) is 0 Å². The minimum atomic E-state index is -4.88. The summed E-state index contributed by atoms with van der Waals surface area (Å²) in [6.45, 7) is 0. The Labute approximate surface area is 222 Å². The van der Waals surface area contributed by atoms with Crippen molar-refractivity contribution in [2.45, 2.75) is 11.3 Å². The molecule has 6 nitrogen and oxygen atoms in total. The van der Waals surface area contributed by atoms with Gasteiger partial charge in [-0.2, -0.15) is 0 Å². The molecule has 0 aliphatic rings. The molecule has 4 aromatic carbocycles. The van der Waals surface area contributed by atoms with Gasteiger partial charge in [-0.15, -0.1) is 13.2 Å². The van der Waals surface area contributed by atoms with E-state index in [1.807, 2.05) is 36.2 Å². The SMILES string of the molecule is CN(c1ccc(Cl)cc1)c1ccc(C(=O)c2ccc(NS(=O)(=O)c3ccc(OC(F)(F)F)cc3)cc2)cc1. The van der Waals surface area contributed by atoms with Gasteiger partial charge in [0.1, 0.15) is 5.75 Å². The molecule has 0 amide bonds. The van der Waals surface area contributed by atoms with Crippen LogP contribution in [0.25, 0.3) is 0 Å². The molecule has 0 heterocycles. The number of benzene rings is 4. The lowest BCUT2D eigenvalue weighted by molar-refractivity contribution is -0.274. The van der Waals surface area contributed by atoms with Crippen LogP contribution in [0.2, 0.25) is 5.02 Å². The lowest BCUT2D eigenvalue weighted by Gasteiger charge is -2.19. The first-order valence-corrected chi connectivity index (χ1v) is 12.9. The number of hydrogen-bond donors (Lipinski definition) is 1. The van der Waals surface area contributed by atoms with Crippen molar-refractivity contribution in [1.29, 1.82) is 0 Å². The molecular weight excluding hydrogens is 541 g/mol. The van der Waals surface area contributed by atoms with E-state index in [2.05, 4.69) is 9.46 Å². The van der Waals surface area contributed by atoms with E-state index in [9.17, 15) is 26.4 Å². The number of rotatable bonds is 8. The second-order valence-electron chi connectivity index (χ2n) is 8.11. The van der Waals surface area contributed by atoms with Crippen LogP contribution >= 0.6 is 11.6 Å². The number of sulfonamides is 1. The highest BCUT2D eigenvalue weighted by molar-refractivity contribution is 7.92. The number of alkyl halides is 3. The Balaban J connectivity index is 1.42. The van der Waals surface area contributed by atoms with E-state index in [1.54, 1.807) is 24.3 Å². The number of carbonyl (C=O) groups excluding carboxylic acids is 1. The Bertz CT molecular complexity index is 1520. The van der Waals surface area contributed by atoms with E-state index in [-0.39, 0.29) is 16.4 Å². The largest absolute Gasteiger partial charge is 0.573 e. The predicted molar refractivity (Wildman–Crippen MR) is 140 cm³/mol. The van der Waals surface area contributed by atoms with Gasteiger partial charge in [-0.1, -0.05) is 11.6 Å². The van der Waals surface area contributed by atoms with Gasteiger partial charge in [0.25, 0.3) is 10.0 Å². The number of carbonyl (C=O) groups is 1. The molecule has 0 aromatic heterocycles. The van der Waals surface area contributed by atoms with Crippen LogP contribution in [0.4, 0.5) is 30.2 Å². The molecule has 38 heavy (non-hydrogen) atoms. The minimum Gasteiger partial charge on any atom is -0.406 e. The molecule has 0 saturated heterocycles. The number of ether oxygens (including phenoxy) is 1. The molecule has 0 spiro atoms. The van der Waals surface area contributed by atoms with Crippen molar-refractivity contribution < 1.29 is 31.1 Å². The van der Waals surface area contributed by atoms with E-state index >= 15 is 0 Å². The van der Waals surface area contributed by atoms with Crippen molar-refractivity contribution in [3.05, 3.63) is 113 Å². The first-order chi connectivity index (χ1) is 17.9. The zero-order valence-electron chi connectivity index (χ0n) is 19.7. The van der Waals surface area contributed by atoms with Crippen molar-refractivity contribution in [1.82, 2.24) is 0 Å². The monoisotopic (exact) mass is 560 g/mol. The van der Waals surface area contributed by atoms with Crippen LogP contribution in [0.15, 0.2) is 102 Å². The summed E-state index contributed by atoms with van der Waals surface area (Å²) in [4.78, 5) is 14.6. The number of hydrogen-bond acceptors (Lipinski definition) is 5. The third-order valence-corrected chi connectivity index (χ3v) is 7.15. The standard InChI is InChI=1S/C27H20ClF3N2O4S/c1-33(23-12-6-20(28)7-13-23)22-10-4-19(5-11-22)26(34)18-2-8-21(9-3-18)32-38(35,36)25-16-14-24(15-17-25)37-27(29,30)31/h2-17,32H,1H3. The van der Waals surface area contributed by atoms with Gasteiger partial charge in [0, 0.05) is 40.3 Å². The quantitative estimate of drug-likeness (QED) is 0.234. The summed E-state index contributed by atoms with van der Waals surface area (Å²) < 4.78 is 68.2. The molecule has 4 rings (SSSR count). The van der Waals surface area contributed by atoms with Crippen LogP contribution in [0, 0.1) is 0 Å². The van der Waals surface area contributed by atoms with Gasteiger partial charge >= 0.3 is 6.36 Å². The summed E-state index contributed by atoms with van der Waals surface area (Å²) in [6, 6.07) is 24.0. The fourth-order valence-corrected chi connectivity index (χ4v) is 4.73. The molecule has 0 aliphatic heterocycles. The van der Waals surface area contributed by atoms with Crippen LogP contribution in [0.1, 0.15) is 15.9 Å². The first kappa shape index (κ1) is 27.0. The molecule has 1 N–H and O–H groups in total. The first-order valence-electron chi connectivity index (χ1n) is 11.0. The number of nitrogens with zero attached hydrogens (tertiary/aromatic N) is 1. The van der Waals surface area contributed by atoms with Gasteiger partial charge in [-0.3, -0.25) is 9.52 Å². The van der Waals surface area contributed by atoms with Crippen molar-refractivity contribution in [2.24, 2.45) is 0 Å². The Morgan fingerprint density at radius 2 is 1.26 bits per heavy atom. The van der Waals surface area contributed by atoms with Crippen molar-refractivity contribution >= 4 is 44.5 Å². The van der Waals surface area contributed by atoms with Crippen molar-refractivity contribution in [2.75, 3.05) is 16.7 Å². The second kappa shape index (κ2) is 10.8. The van der Waals surface area contributed by atoms with Gasteiger partial charge in [0.2, 0.25) is 0 Å². The normalized spacial score (nSPS) is 11.6. The van der Waals surface area contributed by atoms with Crippen LogP contribution in [-0.2, 0) is 10.0 Å². The molecule has 0 fully saturated rings. The van der Waals surface area contributed by atoms with Crippen molar-refractivity contribution in [3.8, 4) is 5.75 Å². The van der Waals surface area contributed by atoms with Gasteiger partial charge in [-0.25, -0.2) is 8.42 Å². The van der Waals surface area contributed by atoms with Gasteiger partial charge in [-0.05, 0) is 97.1 Å². The second-order valence-corrected chi connectivity index (χ2v) is 10.2. The highest BCUT2D eigenvalue weighted by Gasteiger charge is 2.31. The Kier molecular flexibility index (Phi) is 7.66. The molecule has 0 radical (unpaired) electrons. The predicted octanol–water partition coefficient (Wildman–Crippen LogP) is 7.04. The maximum atomic E-state index is 12.9. The molecule has 0 aliphatic carbocycles. The smallest absolute Gasteiger partial charge is 0.406 e. The van der Waals surface area contributed by atoms with E-state index in [0.717, 1.165) is 35.6 Å². The summed E-state index contributed by atoms with van der Waals surface area (Å²) in [6.07, 6.45) is -4.88. The number of ketones is 1. The van der Waals surface area contributed by atoms with E-state index in [0.29, 0.717) is 16.1 Å². The average molecular weight is 561 g/mol.